The first-order valence-electron chi connectivity index (χ1n) is 4.86. The Morgan fingerprint density at radius 3 is 2.67 bits per heavy atom. The molecule has 0 bridgehead atoms. The van der Waals surface area contributed by atoms with Crippen molar-refractivity contribution in [1.82, 2.24) is 4.98 Å². The molecule has 0 amide bonds. The fourth-order valence-electron chi connectivity index (χ4n) is 1.34. The SMILES string of the molecule is COC(=O)Cc1cc(C(F)F)c(C#N)nc1OC. The zero-order valence-corrected chi connectivity index (χ0v) is 9.74. The molecular formula is C11H10F2N2O3. The van der Waals surface area contributed by atoms with Crippen LogP contribution in [0.4, 0.5) is 8.78 Å². The molecule has 5 nitrogen and oxygen atoms in total. The second-order valence-corrected chi connectivity index (χ2v) is 3.26. The molecule has 0 aromatic carbocycles. The topological polar surface area (TPSA) is 72.2 Å². The fourth-order valence-corrected chi connectivity index (χ4v) is 1.34. The van der Waals surface area contributed by atoms with Gasteiger partial charge in [0.1, 0.15) is 6.07 Å². The largest absolute Gasteiger partial charge is 0.481 e. The van der Waals surface area contributed by atoms with Gasteiger partial charge in [-0.25, -0.2) is 13.8 Å². The van der Waals surface area contributed by atoms with Crippen LogP contribution in [0.15, 0.2) is 6.07 Å². The smallest absolute Gasteiger partial charge is 0.310 e. The van der Waals surface area contributed by atoms with Gasteiger partial charge < -0.3 is 9.47 Å². The summed E-state index contributed by atoms with van der Waals surface area (Å²) in [6, 6.07) is 2.59. The van der Waals surface area contributed by atoms with Gasteiger partial charge in [-0.1, -0.05) is 0 Å². The van der Waals surface area contributed by atoms with Crippen molar-refractivity contribution < 1.29 is 23.0 Å². The molecule has 1 aromatic rings. The van der Waals surface area contributed by atoms with E-state index in [1.165, 1.54) is 14.2 Å². The van der Waals surface area contributed by atoms with Crippen molar-refractivity contribution in [3.63, 3.8) is 0 Å². The Bertz CT molecular complexity index is 498. The van der Waals surface area contributed by atoms with Crippen LogP contribution in [0.25, 0.3) is 0 Å². The second kappa shape index (κ2) is 5.91. The number of halogens is 2. The molecule has 7 heteroatoms. The molecule has 1 rings (SSSR count). The van der Waals surface area contributed by atoms with Crippen molar-refractivity contribution in [3.05, 3.63) is 22.9 Å². The van der Waals surface area contributed by atoms with Crippen molar-refractivity contribution in [2.24, 2.45) is 0 Å². The van der Waals surface area contributed by atoms with Crippen LogP contribution in [0.5, 0.6) is 5.88 Å². The van der Waals surface area contributed by atoms with E-state index in [0.717, 1.165) is 6.07 Å². The first kappa shape index (κ1) is 13.8. The van der Waals surface area contributed by atoms with Gasteiger partial charge in [-0.05, 0) is 6.07 Å². The lowest BCUT2D eigenvalue weighted by Crippen LogP contribution is -2.09. The molecule has 0 fully saturated rings. The molecule has 1 heterocycles. The third-order valence-corrected chi connectivity index (χ3v) is 2.19. The number of methoxy groups -OCH3 is 2. The molecule has 0 saturated carbocycles. The number of pyridine rings is 1. The van der Waals surface area contributed by atoms with Gasteiger partial charge in [0.05, 0.1) is 26.2 Å². The normalized spacial score (nSPS) is 10.0. The summed E-state index contributed by atoms with van der Waals surface area (Å²) in [6.45, 7) is 0. The van der Waals surface area contributed by atoms with E-state index in [1.807, 2.05) is 0 Å². The van der Waals surface area contributed by atoms with Crippen molar-refractivity contribution >= 4 is 5.97 Å². The fraction of sp³-hybridized carbons (Fsp3) is 0.364. The Labute approximate surface area is 102 Å². The Morgan fingerprint density at radius 1 is 1.56 bits per heavy atom. The van der Waals surface area contributed by atoms with Crippen LogP contribution in [0, 0.1) is 11.3 Å². The van der Waals surface area contributed by atoms with Gasteiger partial charge in [0.15, 0.2) is 5.69 Å². The maximum absolute atomic E-state index is 12.7. The molecule has 0 aliphatic heterocycles. The van der Waals surface area contributed by atoms with Gasteiger partial charge in [-0.15, -0.1) is 0 Å². The molecule has 0 radical (unpaired) electrons. The Kier molecular flexibility index (Phi) is 4.54. The third-order valence-electron chi connectivity index (χ3n) is 2.19. The van der Waals surface area contributed by atoms with E-state index in [2.05, 4.69) is 9.72 Å². The highest BCUT2D eigenvalue weighted by Gasteiger charge is 2.20. The minimum atomic E-state index is -2.85. The van der Waals surface area contributed by atoms with Crippen LogP contribution >= 0.6 is 0 Å². The van der Waals surface area contributed by atoms with E-state index >= 15 is 0 Å². The van der Waals surface area contributed by atoms with Gasteiger partial charge in [0.2, 0.25) is 5.88 Å². The maximum atomic E-state index is 12.7. The summed E-state index contributed by atoms with van der Waals surface area (Å²) in [5, 5.41) is 8.71. The van der Waals surface area contributed by atoms with Gasteiger partial charge in [-0.3, -0.25) is 4.79 Å². The summed E-state index contributed by atoms with van der Waals surface area (Å²) in [5.41, 5.74) is -0.800. The van der Waals surface area contributed by atoms with Crippen molar-refractivity contribution in [2.45, 2.75) is 12.8 Å². The number of esters is 1. The predicted octanol–water partition coefficient (Wildman–Crippen LogP) is 1.61. The van der Waals surface area contributed by atoms with Crippen molar-refractivity contribution in [2.75, 3.05) is 14.2 Å². The molecule has 0 N–H and O–H groups in total. The monoisotopic (exact) mass is 256 g/mol. The van der Waals surface area contributed by atoms with Gasteiger partial charge in [-0.2, -0.15) is 5.26 Å². The van der Waals surface area contributed by atoms with Crippen LogP contribution in [-0.2, 0) is 16.0 Å². The molecule has 1 aromatic heterocycles. The standard InChI is InChI=1S/C11H10F2N2O3/c1-17-9(16)4-6-3-7(10(12)13)8(5-14)15-11(6)18-2/h3,10H,4H2,1-2H3. The number of nitriles is 1. The number of alkyl halides is 2. The summed E-state index contributed by atoms with van der Waals surface area (Å²) >= 11 is 0. The van der Waals surface area contributed by atoms with Crippen molar-refractivity contribution in [1.29, 1.82) is 5.26 Å². The first-order valence-corrected chi connectivity index (χ1v) is 4.86. The molecule has 0 unspecified atom stereocenters. The lowest BCUT2D eigenvalue weighted by molar-refractivity contribution is -0.139. The minimum Gasteiger partial charge on any atom is -0.481 e. The number of carbonyl (C=O) groups is 1. The van der Waals surface area contributed by atoms with E-state index in [0.29, 0.717) is 0 Å². The number of hydrogen-bond acceptors (Lipinski definition) is 5. The molecule has 0 atom stereocenters. The average Bonchev–Trinajstić information content (AvgIpc) is 2.37. The quantitative estimate of drug-likeness (QED) is 0.765. The molecule has 0 aliphatic rings. The Morgan fingerprint density at radius 2 is 2.22 bits per heavy atom. The highest BCUT2D eigenvalue weighted by molar-refractivity contribution is 5.73. The zero-order valence-electron chi connectivity index (χ0n) is 9.74. The van der Waals surface area contributed by atoms with E-state index in [1.54, 1.807) is 6.07 Å². The highest BCUT2D eigenvalue weighted by Crippen LogP contribution is 2.27. The Balaban J connectivity index is 3.28. The summed E-state index contributed by atoms with van der Waals surface area (Å²) in [7, 11) is 2.45. The zero-order chi connectivity index (χ0) is 13.7. The first-order chi connectivity index (χ1) is 8.53. The second-order valence-electron chi connectivity index (χ2n) is 3.26. The molecule has 0 saturated heterocycles. The maximum Gasteiger partial charge on any atom is 0.310 e. The van der Waals surface area contributed by atoms with Gasteiger partial charge >= 0.3 is 5.97 Å². The number of carbonyl (C=O) groups excluding carboxylic acids is 1. The number of ether oxygens (including phenoxy) is 2. The number of hydrogen-bond donors (Lipinski definition) is 0. The van der Waals surface area contributed by atoms with Gasteiger partial charge in [0.25, 0.3) is 6.43 Å². The van der Waals surface area contributed by atoms with E-state index in [4.69, 9.17) is 10.00 Å². The molecule has 0 aliphatic carbocycles. The lowest BCUT2D eigenvalue weighted by atomic mass is 10.1. The number of aromatic nitrogens is 1. The molecule has 18 heavy (non-hydrogen) atoms. The molecular weight excluding hydrogens is 246 g/mol. The summed E-state index contributed by atoms with van der Waals surface area (Å²) < 4.78 is 34.7. The van der Waals surface area contributed by atoms with Crippen LogP contribution < -0.4 is 4.74 Å². The summed E-state index contributed by atoms with van der Waals surface area (Å²) in [4.78, 5) is 14.8. The van der Waals surface area contributed by atoms with E-state index < -0.39 is 23.7 Å². The Hall–Kier alpha value is -2.23. The predicted molar refractivity (Wildman–Crippen MR) is 56.2 cm³/mol. The molecule has 96 valence electrons. The van der Waals surface area contributed by atoms with E-state index in [9.17, 15) is 13.6 Å². The highest BCUT2D eigenvalue weighted by atomic mass is 19.3. The third kappa shape index (κ3) is 2.91. The van der Waals surface area contributed by atoms with Crippen LogP contribution in [-0.4, -0.2) is 25.2 Å². The van der Waals surface area contributed by atoms with Crippen LogP contribution in [0.1, 0.15) is 23.2 Å². The van der Waals surface area contributed by atoms with Gasteiger partial charge in [0, 0.05) is 5.56 Å². The van der Waals surface area contributed by atoms with Crippen molar-refractivity contribution in [3.8, 4) is 11.9 Å². The van der Waals surface area contributed by atoms with E-state index in [-0.39, 0.29) is 17.9 Å². The number of nitrogens with zero attached hydrogens (tertiary/aromatic N) is 2. The minimum absolute atomic E-state index is 0.0404. The number of rotatable bonds is 4. The summed E-state index contributed by atoms with van der Waals surface area (Å²) in [5.74, 6) is -0.652. The average molecular weight is 256 g/mol. The lowest BCUT2D eigenvalue weighted by Gasteiger charge is -2.10. The van der Waals surface area contributed by atoms with Crippen LogP contribution in [0.2, 0.25) is 0 Å². The summed E-state index contributed by atoms with van der Waals surface area (Å²) in [6.07, 6.45) is -3.10. The molecule has 0 spiro atoms. The van der Waals surface area contributed by atoms with Crippen LogP contribution in [0.3, 0.4) is 0 Å².